The second kappa shape index (κ2) is 5.71. The molecular formula is C15H18N2O4. The van der Waals surface area contributed by atoms with Gasteiger partial charge < -0.3 is 9.73 Å². The Morgan fingerprint density at radius 3 is 2.48 bits per heavy atom. The number of carbonyl (C=O) groups excluding carboxylic acids is 3. The van der Waals surface area contributed by atoms with Crippen LogP contribution in [-0.2, 0) is 20.9 Å². The molecule has 0 aromatic carbocycles. The zero-order valence-electron chi connectivity index (χ0n) is 11.7. The number of nitrogens with zero attached hydrogens (tertiary/aromatic N) is 1. The van der Waals surface area contributed by atoms with Crippen LogP contribution in [0.15, 0.2) is 22.8 Å². The van der Waals surface area contributed by atoms with Gasteiger partial charge in [0.1, 0.15) is 12.3 Å². The van der Waals surface area contributed by atoms with Crippen LogP contribution in [0.4, 0.5) is 0 Å². The van der Waals surface area contributed by atoms with Crippen LogP contribution in [0.1, 0.15) is 31.4 Å². The topological polar surface area (TPSA) is 79.6 Å². The van der Waals surface area contributed by atoms with E-state index in [-0.39, 0.29) is 42.6 Å². The van der Waals surface area contributed by atoms with Gasteiger partial charge in [-0.25, -0.2) is 0 Å². The Bertz CT molecular complexity index is 528. The first-order chi connectivity index (χ1) is 10.2. The Morgan fingerprint density at radius 1 is 1.24 bits per heavy atom. The summed E-state index contributed by atoms with van der Waals surface area (Å²) in [5.74, 6) is -0.480. The number of carbonyl (C=O) groups is 3. The summed E-state index contributed by atoms with van der Waals surface area (Å²) in [6, 6.07) is 3.49. The fourth-order valence-corrected chi connectivity index (χ4v) is 3.19. The van der Waals surface area contributed by atoms with Gasteiger partial charge in [0.25, 0.3) is 0 Å². The maximum Gasteiger partial charge on any atom is 0.240 e. The summed E-state index contributed by atoms with van der Waals surface area (Å²) in [5, 5.41) is 2.66. The van der Waals surface area contributed by atoms with Crippen molar-refractivity contribution in [1.29, 1.82) is 0 Å². The fraction of sp³-hybridized carbons (Fsp3) is 0.533. The normalized spacial score (nSPS) is 25.0. The second-order valence-corrected chi connectivity index (χ2v) is 5.62. The Morgan fingerprint density at radius 2 is 1.90 bits per heavy atom. The van der Waals surface area contributed by atoms with E-state index in [2.05, 4.69) is 5.32 Å². The number of nitrogens with one attached hydrogen (secondary N) is 1. The highest BCUT2D eigenvalue weighted by molar-refractivity contribution is 6.07. The van der Waals surface area contributed by atoms with Crippen molar-refractivity contribution in [3.8, 4) is 0 Å². The van der Waals surface area contributed by atoms with E-state index in [1.807, 2.05) is 0 Å². The molecule has 112 valence electrons. The molecule has 2 heterocycles. The minimum atomic E-state index is -0.341. The Kier molecular flexibility index (Phi) is 3.77. The van der Waals surface area contributed by atoms with Gasteiger partial charge in [0.05, 0.1) is 24.6 Å². The molecule has 0 spiro atoms. The number of likely N-dealkylation sites (tertiary alicyclic amines) is 1. The largest absolute Gasteiger partial charge is 0.467 e. The molecule has 2 unspecified atom stereocenters. The molecule has 1 aliphatic heterocycles. The van der Waals surface area contributed by atoms with Crippen molar-refractivity contribution in [2.24, 2.45) is 11.8 Å². The van der Waals surface area contributed by atoms with Gasteiger partial charge >= 0.3 is 0 Å². The molecule has 2 fully saturated rings. The number of rotatable bonds is 4. The van der Waals surface area contributed by atoms with Gasteiger partial charge in [0.15, 0.2) is 0 Å². The van der Waals surface area contributed by atoms with Crippen LogP contribution >= 0.6 is 0 Å². The molecule has 6 nitrogen and oxygen atoms in total. The van der Waals surface area contributed by atoms with Crippen LogP contribution in [0.3, 0.4) is 0 Å². The van der Waals surface area contributed by atoms with Crippen LogP contribution in [0.25, 0.3) is 0 Å². The van der Waals surface area contributed by atoms with E-state index in [9.17, 15) is 14.4 Å². The molecule has 1 aliphatic carbocycles. The molecule has 21 heavy (non-hydrogen) atoms. The van der Waals surface area contributed by atoms with E-state index in [0.29, 0.717) is 5.76 Å². The lowest BCUT2D eigenvalue weighted by molar-refractivity contribution is -0.143. The smallest absolute Gasteiger partial charge is 0.240 e. The van der Waals surface area contributed by atoms with E-state index in [4.69, 9.17) is 4.42 Å². The van der Waals surface area contributed by atoms with Gasteiger partial charge in [-0.05, 0) is 25.0 Å². The van der Waals surface area contributed by atoms with Crippen molar-refractivity contribution >= 4 is 17.7 Å². The van der Waals surface area contributed by atoms with Gasteiger partial charge in [-0.1, -0.05) is 12.8 Å². The van der Waals surface area contributed by atoms with E-state index < -0.39 is 0 Å². The standard InChI is InChI=1S/C15H18N2O4/c18-13(16-8-10-4-3-7-21-10)9-17-14(19)11-5-1-2-6-12(11)15(17)20/h3-4,7,11-12H,1-2,5-6,8-9H2,(H,16,18). The van der Waals surface area contributed by atoms with Gasteiger partial charge in [0, 0.05) is 0 Å². The third-order valence-electron chi connectivity index (χ3n) is 4.27. The van der Waals surface area contributed by atoms with Gasteiger partial charge in [-0.15, -0.1) is 0 Å². The maximum absolute atomic E-state index is 12.2. The number of imide groups is 1. The number of furan rings is 1. The average Bonchev–Trinajstić information content (AvgIpc) is 3.09. The quantitative estimate of drug-likeness (QED) is 0.841. The first-order valence-corrected chi connectivity index (χ1v) is 7.31. The van der Waals surface area contributed by atoms with Crippen LogP contribution in [0.2, 0.25) is 0 Å². The average molecular weight is 290 g/mol. The van der Waals surface area contributed by atoms with Crippen LogP contribution < -0.4 is 5.32 Å². The summed E-state index contributed by atoms with van der Waals surface area (Å²) in [7, 11) is 0. The third-order valence-corrected chi connectivity index (χ3v) is 4.27. The predicted molar refractivity (Wildman–Crippen MR) is 72.7 cm³/mol. The van der Waals surface area contributed by atoms with Crippen LogP contribution in [-0.4, -0.2) is 29.2 Å². The fourth-order valence-electron chi connectivity index (χ4n) is 3.19. The van der Waals surface area contributed by atoms with Crippen molar-refractivity contribution in [2.45, 2.75) is 32.2 Å². The molecule has 6 heteroatoms. The van der Waals surface area contributed by atoms with Crippen molar-refractivity contribution in [3.63, 3.8) is 0 Å². The monoisotopic (exact) mass is 290 g/mol. The molecule has 1 aromatic rings. The number of hydrogen-bond acceptors (Lipinski definition) is 4. The Hall–Kier alpha value is -2.11. The van der Waals surface area contributed by atoms with Gasteiger partial charge in [-0.3, -0.25) is 19.3 Å². The molecule has 2 aliphatic rings. The highest BCUT2D eigenvalue weighted by atomic mass is 16.3. The van der Waals surface area contributed by atoms with Crippen molar-refractivity contribution in [1.82, 2.24) is 10.2 Å². The molecule has 1 N–H and O–H groups in total. The lowest BCUT2D eigenvalue weighted by atomic mass is 9.81. The highest BCUT2D eigenvalue weighted by Crippen LogP contribution is 2.37. The molecule has 3 rings (SSSR count). The number of hydrogen-bond donors (Lipinski definition) is 1. The first-order valence-electron chi connectivity index (χ1n) is 7.31. The highest BCUT2D eigenvalue weighted by Gasteiger charge is 2.48. The molecule has 1 aromatic heterocycles. The predicted octanol–water partition coefficient (Wildman–Crippen LogP) is 1.07. The third kappa shape index (κ3) is 2.70. The number of amides is 3. The lowest BCUT2D eigenvalue weighted by Crippen LogP contribution is -2.40. The summed E-state index contributed by atoms with van der Waals surface area (Å²) in [4.78, 5) is 37.5. The zero-order chi connectivity index (χ0) is 14.8. The molecule has 2 atom stereocenters. The van der Waals surface area contributed by atoms with Gasteiger partial charge in [0.2, 0.25) is 17.7 Å². The number of fused-ring (bicyclic) bond motifs is 1. The van der Waals surface area contributed by atoms with E-state index >= 15 is 0 Å². The molecule has 3 amide bonds. The SMILES string of the molecule is O=C(CN1C(=O)C2CCCCC2C1=O)NCc1ccco1. The van der Waals surface area contributed by atoms with Crippen molar-refractivity contribution in [3.05, 3.63) is 24.2 Å². The summed E-state index contributed by atoms with van der Waals surface area (Å²) < 4.78 is 5.11. The Labute approximate surface area is 122 Å². The van der Waals surface area contributed by atoms with E-state index in [1.54, 1.807) is 12.1 Å². The molecular weight excluding hydrogens is 272 g/mol. The maximum atomic E-state index is 12.2. The van der Waals surface area contributed by atoms with Crippen molar-refractivity contribution in [2.75, 3.05) is 6.54 Å². The summed E-state index contributed by atoms with van der Waals surface area (Å²) in [6.45, 7) is 0.0697. The van der Waals surface area contributed by atoms with E-state index in [0.717, 1.165) is 30.6 Å². The molecule has 1 saturated heterocycles. The van der Waals surface area contributed by atoms with Crippen LogP contribution in [0.5, 0.6) is 0 Å². The minimum absolute atomic E-state index is 0.183. The second-order valence-electron chi connectivity index (χ2n) is 5.62. The summed E-state index contributed by atoms with van der Waals surface area (Å²) in [6.07, 6.45) is 5.02. The minimum Gasteiger partial charge on any atom is -0.467 e. The Balaban J connectivity index is 1.57. The molecule has 1 saturated carbocycles. The van der Waals surface area contributed by atoms with Gasteiger partial charge in [-0.2, -0.15) is 0 Å². The first kappa shape index (κ1) is 13.9. The lowest BCUT2D eigenvalue weighted by Gasteiger charge is -2.19. The van der Waals surface area contributed by atoms with E-state index in [1.165, 1.54) is 6.26 Å². The summed E-state index contributed by atoms with van der Waals surface area (Å²) in [5.41, 5.74) is 0. The zero-order valence-corrected chi connectivity index (χ0v) is 11.7. The summed E-state index contributed by atoms with van der Waals surface area (Å²) >= 11 is 0. The van der Waals surface area contributed by atoms with Crippen molar-refractivity contribution < 1.29 is 18.8 Å². The molecule has 0 bridgehead atoms. The van der Waals surface area contributed by atoms with Crippen LogP contribution in [0, 0.1) is 11.8 Å². The molecule has 0 radical (unpaired) electrons.